The largest absolute Gasteiger partial charge is 0.342 e. The molecule has 1 unspecified atom stereocenters. The van der Waals surface area contributed by atoms with Crippen LogP contribution < -0.4 is 11.1 Å². The number of fused-ring (bicyclic) bond motifs is 2. The molecule has 0 amide bonds. The SMILES string of the molecule is CS(=O)(=O)c1ccc2nc(NC(N)c3cccc4ccccc34)sc2c1. The summed E-state index contributed by atoms with van der Waals surface area (Å²) in [5.74, 6) is 0. The number of nitrogens with one attached hydrogen (secondary N) is 1. The molecule has 1 aromatic heterocycles. The van der Waals surface area contributed by atoms with E-state index in [-0.39, 0.29) is 0 Å². The van der Waals surface area contributed by atoms with Crippen molar-refractivity contribution in [2.45, 2.75) is 11.1 Å². The third-order valence-electron chi connectivity index (χ3n) is 4.23. The molecule has 4 rings (SSSR count). The highest BCUT2D eigenvalue weighted by molar-refractivity contribution is 7.90. The first-order chi connectivity index (χ1) is 12.4. The standard InChI is InChI=1S/C19H17N3O2S2/c1-26(23,24)13-9-10-16-17(11-13)25-19(21-16)22-18(20)15-8-4-6-12-5-2-3-7-14(12)15/h2-11,18H,20H2,1H3,(H,21,22). The fourth-order valence-corrected chi connectivity index (χ4v) is 4.59. The van der Waals surface area contributed by atoms with Crippen LogP contribution >= 0.6 is 11.3 Å². The van der Waals surface area contributed by atoms with Gasteiger partial charge in [0.1, 0.15) is 6.17 Å². The molecule has 0 aliphatic carbocycles. The number of benzene rings is 3. The highest BCUT2D eigenvalue weighted by Crippen LogP contribution is 2.31. The lowest BCUT2D eigenvalue weighted by Crippen LogP contribution is -2.20. The molecule has 7 heteroatoms. The van der Waals surface area contributed by atoms with E-state index in [9.17, 15) is 8.42 Å². The summed E-state index contributed by atoms with van der Waals surface area (Å²) in [5.41, 5.74) is 8.10. The van der Waals surface area contributed by atoms with Gasteiger partial charge in [-0.15, -0.1) is 0 Å². The van der Waals surface area contributed by atoms with Gasteiger partial charge in [0.25, 0.3) is 0 Å². The van der Waals surface area contributed by atoms with Gasteiger partial charge in [0.2, 0.25) is 0 Å². The van der Waals surface area contributed by atoms with Crippen molar-refractivity contribution in [3.8, 4) is 0 Å². The highest BCUT2D eigenvalue weighted by Gasteiger charge is 2.14. The topological polar surface area (TPSA) is 85.1 Å². The molecule has 0 aliphatic rings. The molecule has 1 heterocycles. The molecule has 4 aromatic rings. The first-order valence-electron chi connectivity index (χ1n) is 8.02. The minimum atomic E-state index is -3.24. The zero-order valence-corrected chi connectivity index (χ0v) is 15.6. The van der Waals surface area contributed by atoms with Gasteiger partial charge in [-0.2, -0.15) is 0 Å². The quantitative estimate of drug-likeness (QED) is 0.522. The highest BCUT2D eigenvalue weighted by atomic mass is 32.2. The molecule has 0 saturated heterocycles. The van der Waals surface area contributed by atoms with Gasteiger partial charge in [0, 0.05) is 6.26 Å². The molecule has 0 fully saturated rings. The molecule has 132 valence electrons. The summed E-state index contributed by atoms with van der Waals surface area (Å²) < 4.78 is 24.2. The van der Waals surface area contributed by atoms with Crippen LogP contribution in [0.4, 0.5) is 5.13 Å². The van der Waals surface area contributed by atoms with Crippen LogP contribution in [0.3, 0.4) is 0 Å². The van der Waals surface area contributed by atoms with Crippen LogP contribution in [0, 0.1) is 0 Å². The first kappa shape index (κ1) is 17.0. The fourth-order valence-electron chi connectivity index (χ4n) is 2.93. The van der Waals surface area contributed by atoms with Crippen molar-refractivity contribution < 1.29 is 8.42 Å². The van der Waals surface area contributed by atoms with Crippen LogP contribution in [0.2, 0.25) is 0 Å². The third kappa shape index (κ3) is 3.16. The monoisotopic (exact) mass is 383 g/mol. The summed E-state index contributed by atoms with van der Waals surface area (Å²) in [6.45, 7) is 0. The molecule has 0 aliphatic heterocycles. The summed E-state index contributed by atoms with van der Waals surface area (Å²) in [4.78, 5) is 4.80. The lowest BCUT2D eigenvalue weighted by atomic mass is 10.0. The zero-order chi connectivity index (χ0) is 18.3. The van der Waals surface area contributed by atoms with Crippen LogP contribution in [0.5, 0.6) is 0 Å². The predicted molar refractivity (Wildman–Crippen MR) is 107 cm³/mol. The fraction of sp³-hybridized carbons (Fsp3) is 0.105. The molecule has 0 radical (unpaired) electrons. The molecule has 1 atom stereocenters. The summed E-state index contributed by atoms with van der Waals surface area (Å²) in [6.07, 6.45) is 0.779. The Bertz CT molecular complexity index is 1210. The number of nitrogens with two attached hydrogens (primary N) is 1. The maximum absolute atomic E-state index is 11.7. The van der Waals surface area contributed by atoms with E-state index in [0.29, 0.717) is 10.0 Å². The van der Waals surface area contributed by atoms with Gasteiger partial charge in [0.15, 0.2) is 15.0 Å². The van der Waals surface area contributed by atoms with Gasteiger partial charge in [0.05, 0.1) is 15.1 Å². The Labute approximate surface area is 155 Å². The van der Waals surface area contributed by atoms with E-state index in [1.165, 1.54) is 17.6 Å². The second-order valence-corrected chi connectivity index (χ2v) is 9.16. The van der Waals surface area contributed by atoms with Crippen LogP contribution in [-0.4, -0.2) is 19.7 Å². The molecule has 0 spiro atoms. The van der Waals surface area contributed by atoms with Crippen molar-refractivity contribution in [1.29, 1.82) is 0 Å². The molecule has 0 saturated carbocycles. The third-order valence-corrected chi connectivity index (χ3v) is 6.29. The predicted octanol–water partition coefficient (Wildman–Crippen LogP) is 3.92. The Kier molecular flexibility index (Phi) is 4.14. The van der Waals surface area contributed by atoms with E-state index in [4.69, 9.17) is 5.73 Å². The minimum absolute atomic E-state index is 0.290. The maximum atomic E-state index is 11.7. The van der Waals surface area contributed by atoms with E-state index in [1.807, 2.05) is 30.3 Å². The Morgan fingerprint density at radius 1 is 1.08 bits per heavy atom. The summed E-state index contributed by atoms with van der Waals surface area (Å²) in [5, 5.41) is 6.11. The lowest BCUT2D eigenvalue weighted by molar-refractivity contribution is 0.602. The van der Waals surface area contributed by atoms with Gasteiger partial charge in [-0.25, -0.2) is 13.4 Å². The van der Waals surface area contributed by atoms with Crippen LogP contribution in [0.15, 0.2) is 65.6 Å². The number of nitrogens with zero attached hydrogens (tertiary/aromatic N) is 1. The summed E-state index contributed by atoms with van der Waals surface area (Å²) >= 11 is 1.39. The van der Waals surface area contributed by atoms with Crippen molar-refractivity contribution in [3.05, 3.63) is 66.2 Å². The summed E-state index contributed by atoms with van der Waals surface area (Å²) in [6, 6.07) is 19.1. The smallest absolute Gasteiger partial charge is 0.185 e. The second-order valence-electron chi connectivity index (χ2n) is 6.11. The van der Waals surface area contributed by atoms with Gasteiger partial charge in [-0.3, -0.25) is 0 Å². The Morgan fingerprint density at radius 2 is 1.85 bits per heavy atom. The number of sulfone groups is 1. The molecular formula is C19H17N3O2S2. The number of anilines is 1. The average Bonchev–Trinajstić information content (AvgIpc) is 3.01. The van der Waals surface area contributed by atoms with Crippen LogP contribution in [0.25, 0.3) is 21.0 Å². The van der Waals surface area contributed by atoms with E-state index >= 15 is 0 Å². The number of hydrogen-bond acceptors (Lipinski definition) is 6. The molecule has 0 bridgehead atoms. The van der Waals surface area contributed by atoms with Crippen molar-refractivity contribution in [2.24, 2.45) is 5.73 Å². The van der Waals surface area contributed by atoms with Crippen molar-refractivity contribution in [3.63, 3.8) is 0 Å². The Hall–Kier alpha value is -2.48. The van der Waals surface area contributed by atoms with Crippen molar-refractivity contribution >= 4 is 47.3 Å². The molecule has 26 heavy (non-hydrogen) atoms. The normalized spacial score (nSPS) is 13.2. The number of rotatable bonds is 4. The zero-order valence-electron chi connectivity index (χ0n) is 14.0. The minimum Gasteiger partial charge on any atom is -0.342 e. The molecular weight excluding hydrogens is 366 g/mol. The Balaban J connectivity index is 1.68. The lowest BCUT2D eigenvalue weighted by Gasteiger charge is -2.15. The maximum Gasteiger partial charge on any atom is 0.185 e. The van der Waals surface area contributed by atoms with Gasteiger partial charge < -0.3 is 11.1 Å². The second kappa shape index (κ2) is 6.35. The van der Waals surface area contributed by atoms with Gasteiger partial charge >= 0.3 is 0 Å². The average molecular weight is 383 g/mol. The van der Waals surface area contributed by atoms with Crippen LogP contribution in [0.1, 0.15) is 11.7 Å². The van der Waals surface area contributed by atoms with Gasteiger partial charge in [-0.05, 0) is 34.5 Å². The molecule has 3 aromatic carbocycles. The number of hydrogen-bond donors (Lipinski definition) is 2. The van der Waals surface area contributed by atoms with Crippen molar-refractivity contribution in [1.82, 2.24) is 4.98 Å². The van der Waals surface area contributed by atoms with Crippen LogP contribution in [-0.2, 0) is 9.84 Å². The van der Waals surface area contributed by atoms with E-state index < -0.39 is 16.0 Å². The number of thiazole rings is 1. The van der Waals surface area contributed by atoms with E-state index in [0.717, 1.165) is 26.6 Å². The number of aromatic nitrogens is 1. The summed E-state index contributed by atoms with van der Waals surface area (Å²) in [7, 11) is -3.24. The molecule has 3 N–H and O–H groups in total. The Morgan fingerprint density at radius 3 is 2.65 bits per heavy atom. The van der Waals surface area contributed by atoms with E-state index in [1.54, 1.807) is 18.2 Å². The first-order valence-corrected chi connectivity index (χ1v) is 10.7. The van der Waals surface area contributed by atoms with Crippen molar-refractivity contribution in [2.75, 3.05) is 11.6 Å². The van der Waals surface area contributed by atoms with E-state index in [2.05, 4.69) is 22.4 Å². The molecule has 5 nitrogen and oxygen atoms in total. The van der Waals surface area contributed by atoms with Gasteiger partial charge in [-0.1, -0.05) is 53.8 Å².